The van der Waals surface area contributed by atoms with E-state index in [0.29, 0.717) is 0 Å². The molecule has 1 aromatic heterocycles. The third kappa shape index (κ3) is 3.54. The van der Waals surface area contributed by atoms with E-state index in [0.717, 1.165) is 26.8 Å². The Balaban J connectivity index is 2.05. The molecule has 24 heavy (non-hydrogen) atoms. The summed E-state index contributed by atoms with van der Waals surface area (Å²) >= 11 is 1.51. The minimum atomic E-state index is -0.454. The van der Waals surface area contributed by atoms with Crippen molar-refractivity contribution in [2.75, 3.05) is 5.32 Å². The van der Waals surface area contributed by atoms with Crippen LogP contribution < -0.4 is 5.32 Å². The summed E-state index contributed by atoms with van der Waals surface area (Å²) in [4.78, 5) is 17.2. The maximum Gasteiger partial charge on any atom is 0.230 e. The van der Waals surface area contributed by atoms with E-state index >= 15 is 0 Å². The highest BCUT2D eigenvalue weighted by Gasteiger charge is 2.24. The summed E-state index contributed by atoms with van der Waals surface area (Å²) < 4.78 is 0. The number of thiazole rings is 1. The van der Waals surface area contributed by atoms with Gasteiger partial charge in [-0.2, -0.15) is 0 Å². The number of anilines is 1. The van der Waals surface area contributed by atoms with Gasteiger partial charge in [-0.1, -0.05) is 92.8 Å². The quantitative estimate of drug-likeness (QED) is 0.690. The van der Waals surface area contributed by atoms with Gasteiger partial charge in [0, 0.05) is 16.5 Å². The summed E-state index contributed by atoms with van der Waals surface area (Å²) in [5.41, 5.74) is 2.42. The van der Waals surface area contributed by atoms with Crippen LogP contribution in [0.3, 0.4) is 0 Å². The van der Waals surface area contributed by atoms with Gasteiger partial charge >= 0.3 is 0 Å². The average Bonchev–Trinajstić information content (AvgIpc) is 2.99. The van der Waals surface area contributed by atoms with E-state index in [1.165, 1.54) is 11.3 Å². The highest BCUT2D eigenvalue weighted by atomic mass is 32.1. The summed E-state index contributed by atoms with van der Waals surface area (Å²) in [6.07, 6.45) is 0. The van der Waals surface area contributed by atoms with E-state index < -0.39 is 5.41 Å². The minimum Gasteiger partial charge on any atom is -0.315 e. The molecule has 0 saturated heterocycles. The molecule has 0 aliphatic heterocycles. The number of nitrogens with zero attached hydrogens (tertiary/aromatic N) is 1. The SMILES string of the molecule is CC(C)(C)C(=O)Nc1sc(-c2ccccc2)nc1-c1ccccc1. The Labute approximate surface area is 146 Å². The lowest BCUT2D eigenvalue weighted by Crippen LogP contribution is -2.27. The van der Waals surface area contributed by atoms with Crippen LogP contribution in [-0.2, 0) is 4.79 Å². The molecule has 0 atom stereocenters. The first kappa shape index (κ1) is 16.4. The Hall–Kier alpha value is -2.46. The fourth-order valence-electron chi connectivity index (χ4n) is 2.19. The van der Waals surface area contributed by atoms with Gasteiger partial charge in [0.05, 0.1) is 0 Å². The molecule has 0 radical (unpaired) electrons. The van der Waals surface area contributed by atoms with Crippen molar-refractivity contribution in [3.05, 3.63) is 60.7 Å². The van der Waals surface area contributed by atoms with Crippen LogP contribution in [0.1, 0.15) is 20.8 Å². The third-order valence-corrected chi connectivity index (χ3v) is 4.62. The number of amides is 1. The molecular weight excluding hydrogens is 316 g/mol. The molecule has 1 N–H and O–H groups in total. The maximum absolute atomic E-state index is 12.4. The van der Waals surface area contributed by atoms with Crippen LogP contribution in [0.2, 0.25) is 0 Å². The van der Waals surface area contributed by atoms with Crippen LogP contribution in [0.25, 0.3) is 21.8 Å². The van der Waals surface area contributed by atoms with Gasteiger partial charge in [0.2, 0.25) is 5.91 Å². The van der Waals surface area contributed by atoms with Crippen LogP contribution >= 0.6 is 11.3 Å². The summed E-state index contributed by atoms with van der Waals surface area (Å²) in [7, 11) is 0. The zero-order valence-electron chi connectivity index (χ0n) is 14.0. The van der Waals surface area contributed by atoms with E-state index in [-0.39, 0.29) is 5.91 Å². The van der Waals surface area contributed by atoms with Crippen molar-refractivity contribution in [2.45, 2.75) is 20.8 Å². The summed E-state index contributed by atoms with van der Waals surface area (Å²) in [6.45, 7) is 5.72. The van der Waals surface area contributed by atoms with Crippen molar-refractivity contribution >= 4 is 22.2 Å². The molecular formula is C20H20N2OS. The Morgan fingerprint density at radius 3 is 2.00 bits per heavy atom. The number of carbonyl (C=O) groups excluding carboxylic acids is 1. The highest BCUT2D eigenvalue weighted by molar-refractivity contribution is 7.19. The molecule has 0 spiro atoms. The normalized spacial score (nSPS) is 11.3. The van der Waals surface area contributed by atoms with Crippen molar-refractivity contribution in [1.29, 1.82) is 0 Å². The summed E-state index contributed by atoms with van der Waals surface area (Å²) in [5.74, 6) is -0.0112. The predicted molar refractivity (Wildman–Crippen MR) is 101 cm³/mol. The first-order chi connectivity index (χ1) is 11.4. The molecule has 122 valence electrons. The van der Waals surface area contributed by atoms with Gasteiger partial charge in [-0.05, 0) is 0 Å². The number of aromatic nitrogens is 1. The van der Waals surface area contributed by atoms with Crippen LogP contribution in [0.5, 0.6) is 0 Å². The van der Waals surface area contributed by atoms with Crippen LogP contribution in [0.4, 0.5) is 5.00 Å². The molecule has 1 heterocycles. The zero-order chi connectivity index (χ0) is 17.2. The van der Waals surface area contributed by atoms with Crippen molar-refractivity contribution in [2.24, 2.45) is 5.41 Å². The number of hydrogen-bond donors (Lipinski definition) is 1. The topological polar surface area (TPSA) is 42.0 Å². The van der Waals surface area contributed by atoms with E-state index in [2.05, 4.69) is 5.32 Å². The molecule has 0 bridgehead atoms. The molecule has 3 nitrogen and oxygen atoms in total. The van der Waals surface area contributed by atoms with Crippen molar-refractivity contribution in [3.8, 4) is 21.8 Å². The van der Waals surface area contributed by atoms with Gasteiger partial charge in [-0.15, -0.1) is 0 Å². The second kappa shape index (κ2) is 6.57. The van der Waals surface area contributed by atoms with E-state index in [1.807, 2.05) is 81.4 Å². The van der Waals surface area contributed by atoms with E-state index in [4.69, 9.17) is 4.98 Å². The largest absolute Gasteiger partial charge is 0.315 e. The Kier molecular flexibility index (Phi) is 4.49. The molecule has 0 unspecified atom stereocenters. The fraction of sp³-hybridized carbons (Fsp3) is 0.200. The van der Waals surface area contributed by atoms with Crippen molar-refractivity contribution in [1.82, 2.24) is 4.98 Å². The van der Waals surface area contributed by atoms with Gasteiger partial charge in [-0.3, -0.25) is 4.79 Å². The lowest BCUT2D eigenvalue weighted by Gasteiger charge is -2.17. The molecule has 0 aliphatic rings. The second-order valence-corrected chi connectivity index (χ2v) is 7.63. The van der Waals surface area contributed by atoms with Gasteiger partial charge < -0.3 is 5.32 Å². The predicted octanol–water partition coefficient (Wildman–Crippen LogP) is 5.46. The molecule has 0 aliphatic carbocycles. The lowest BCUT2D eigenvalue weighted by atomic mass is 9.96. The number of nitrogens with one attached hydrogen (secondary N) is 1. The van der Waals surface area contributed by atoms with Crippen molar-refractivity contribution < 1.29 is 4.79 Å². The summed E-state index contributed by atoms with van der Waals surface area (Å²) in [6, 6.07) is 20.0. The number of benzene rings is 2. The first-order valence-corrected chi connectivity index (χ1v) is 8.70. The van der Waals surface area contributed by atoms with Crippen LogP contribution in [0.15, 0.2) is 60.7 Å². The maximum atomic E-state index is 12.4. The second-order valence-electron chi connectivity index (χ2n) is 6.63. The standard InChI is InChI=1S/C20H20N2OS/c1-20(2,3)19(23)22-18-16(14-10-6-4-7-11-14)21-17(24-18)15-12-8-5-9-13-15/h4-13H,1-3H3,(H,22,23). The molecule has 4 heteroatoms. The molecule has 2 aromatic carbocycles. The molecule has 0 saturated carbocycles. The smallest absolute Gasteiger partial charge is 0.230 e. The number of rotatable bonds is 3. The van der Waals surface area contributed by atoms with E-state index in [9.17, 15) is 4.79 Å². The zero-order valence-corrected chi connectivity index (χ0v) is 14.9. The van der Waals surface area contributed by atoms with Crippen molar-refractivity contribution in [3.63, 3.8) is 0 Å². The van der Waals surface area contributed by atoms with E-state index in [1.54, 1.807) is 0 Å². The van der Waals surface area contributed by atoms with Crippen LogP contribution in [0, 0.1) is 5.41 Å². The number of carbonyl (C=O) groups is 1. The molecule has 3 aromatic rings. The first-order valence-electron chi connectivity index (χ1n) is 7.88. The molecule has 0 fully saturated rings. The molecule has 3 rings (SSSR count). The van der Waals surface area contributed by atoms with Gasteiger partial charge in [-0.25, -0.2) is 4.98 Å². The monoisotopic (exact) mass is 336 g/mol. The van der Waals surface area contributed by atoms with Gasteiger partial charge in [0.25, 0.3) is 0 Å². The number of hydrogen-bond acceptors (Lipinski definition) is 3. The Bertz CT molecular complexity index is 833. The van der Waals surface area contributed by atoms with Crippen LogP contribution in [-0.4, -0.2) is 10.9 Å². The lowest BCUT2D eigenvalue weighted by molar-refractivity contribution is -0.123. The third-order valence-electron chi connectivity index (χ3n) is 3.60. The minimum absolute atomic E-state index is 0.0112. The fourth-order valence-corrected chi connectivity index (χ4v) is 3.18. The van der Waals surface area contributed by atoms with Gasteiger partial charge in [0.15, 0.2) is 0 Å². The Morgan fingerprint density at radius 1 is 0.917 bits per heavy atom. The summed E-state index contributed by atoms with van der Waals surface area (Å²) in [5, 5.41) is 4.75. The highest BCUT2D eigenvalue weighted by Crippen LogP contribution is 2.38. The average molecular weight is 336 g/mol. The Morgan fingerprint density at radius 2 is 1.46 bits per heavy atom. The van der Waals surface area contributed by atoms with Gasteiger partial charge in [0.1, 0.15) is 15.7 Å². The molecule has 1 amide bonds.